The molecule has 0 aliphatic rings. The van der Waals surface area contributed by atoms with Crippen LogP contribution in [0.1, 0.15) is 0 Å². The summed E-state index contributed by atoms with van der Waals surface area (Å²) in [5, 5.41) is 6.11. The molecule has 0 aliphatic heterocycles. The zero-order chi connectivity index (χ0) is 25.2. The van der Waals surface area contributed by atoms with Gasteiger partial charge in [-0.15, -0.1) is 0 Å². The molecule has 0 N–H and O–H groups in total. The standard InChI is InChI=1S/C32H34SSi3/c1-34(2,27-17-9-5-10-18-27)31-25-26-32(33-31)36(4,30-23-15-8-16-24-30)35(3,28-19-11-6-12-20-28)29-21-13-7-14-22-29/h5-26H,1-4H3. The molecule has 0 amide bonds. The summed E-state index contributed by atoms with van der Waals surface area (Å²) < 4.78 is 3.19. The summed E-state index contributed by atoms with van der Waals surface area (Å²) >= 11 is 2.11. The Morgan fingerprint density at radius 3 is 1.11 bits per heavy atom. The molecule has 5 rings (SSSR count). The summed E-state index contributed by atoms with van der Waals surface area (Å²) in [5.74, 6) is 0. The first-order valence-electron chi connectivity index (χ1n) is 12.7. The second-order valence-corrected chi connectivity index (χ2v) is 29.4. The van der Waals surface area contributed by atoms with Gasteiger partial charge in [0, 0.05) is 0 Å². The van der Waals surface area contributed by atoms with Gasteiger partial charge in [0.15, 0.2) is 0 Å². The van der Waals surface area contributed by atoms with Crippen molar-refractivity contribution in [1.82, 2.24) is 0 Å². The van der Waals surface area contributed by atoms with Crippen molar-refractivity contribution in [3.8, 4) is 0 Å². The fourth-order valence-corrected chi connectivity index (χ4v) is 28.1. The molecular weight excluding hydrogens is 501 g/mol. The maximum Gasteiger partial charge on any atom is 0.130 e. The third-order valence-corrected chi connectivity index (χ3v) is 33.1. The Morgan fingerprint density at radius 2 is 0.694 bits per heavy atom. The van der Waals surface area contributed by atoms with Crippen LogP contribution in [0.4, 0.5) is 0 Å². The van der Waals surface area contributed by atoms with Crippen LogP contribution in [0.15, 0.2) is 133 Å². The highest BCUT2D eigenvalue weighted by molar-refractivity contribution is 7.63. The largest absolute Gasteiger partial charge is 0.154 e. The Morgan fingerprint density at radius 1 is 0.361 bits per heavy atom. The molecule has 0 bridgehead atoms. The van der Waals surface area contributed by atoms with Crippen molar-refractivity contribution in [3.05, 3.63) is 133 Å². The van der Waals surface area contributed by atoms with Crippen molar-refractivity contribution in [3.63, 3.8) is 0 Å². The van der Waals surface area contributed by atoms with E-state index in [-0.39, 0.29) is 0 Å². The van der Waals surface area contributed by atoms with E-state index in [1.54, 1.807) is 14.2 Å². The third-order valence-electron chi connectivity index (χ3n) is 8.26. The van der Waals surface area contributed by atoms with E-state index >= 15 is 0 Å². The van der Waals surface area contributed by atoms with Crippen molar-refractivity contribution in [1.29, 1.82) is 0 Å². The predicted octanol–water partition coefficient (Wildman–Crippen LogP) is 4.73. The zero-order valence-corrected chi connectivity index (χ0v) is 25.4. The highest BCUT2D eigenvalue weighted by Gasteiger charge is 2.54. The fraction of sp³-hybridized carbons (Fsp3) is 0.125. The molecule has 1 atom stereocenters. The molecule has 1 heterocycles. The van der Waals surface area contributed by atoms with Gasteiger partial charge < -0.3 is 0 Å². The van der Waals surface area contributed by atoms with Crippen molar-refractivity contribution < 1.29 is 0 Å². The summed E-state index contributed by atoms with van der Waals surface area (Å²) in [4.78, 5) is 0. The highest BCUT2D eigenvalue weighted by atomic mass is 32.1. The van der Waals surface area contributed by atoms with Crippen molar-refractivity contribution in [2.45, 2.75) is 26.2 Å². The molecule has 5 aromatic rings. The minimum Gasteiger partial charge on any atom is -0.154 e. The Hall–Kier alpha value is -2.77. The van der Waals surface area contributed by atoms with Gasteiger partial charge in [0.25, 0.3) is 0 Å². The van der Waals surface area contributed by atoms with E-state index < -0.39 is 23.3 Å². The van der Waals surface area contributed by atoms with E-state index in [0.29, 0.717) is 0 Å². The highest BCUT2D eigenvalue weighted by Crippen LogP contribution is 2.23. The SMILES string of the molecule is C[Si](C)(c1ccccc1)c1ccc([Si](C)(c2ccccc2)[Si](C)(c2ccccc2)c2ccccc2)s1. The van der Waals surface area contributed by atoms with Gasteiger partial charge in [-0.05, 0) is 9.00 Å². The molecule has 1 aromatic heterocycles. The molecule has 36 heavy (non-hydrogen) atoms. The van der Waals surface area contributed by atoms with Gasteiger partial charge in [-0.1, -0.05) is 180 Å². The summed E-state index contributed by atoms with van der Waals surface area (Å²) in [5.41, 5.74) is 0. The van der Waals surface area contributed by atoms with Gasteiger partial charge in [0.2, 0.25) is 0 Å². The molecule has 1 unspecified atom stereocenters. The Kier molecular flexibility index (Phi) is 6.88. The number of hydrogen-bond acceptors (Lipinski definition) is 1. The minimum absolute atomic E-state index is 1.51. The maximum atomic E-state index is 2.65. The van der Waals surface area contributed by atoms with Crippen LogP contribution in [-0.4, -0.2) is 23.3 Å². The molecule has 180 valence electrons. The van der Waals surface area contributed by atoms with Gasteiger partial charge in [0.05, 0.1) is 0 Å². The zero-order valence-electron chi connectivity index (χ0n) is 21.6. The molecule has 4 heteroatoms. The maximum absolute atomic E-state index is 2.65. The molecule has 0 aliphatic carbocycles. The molecule has 0 fully saturated rings. The lowest BCUT2D eigenvalue weighted by Crippen LogP contribution is -2.82. The van der Waals surface area contributed by atoms with E-state index in [9.17, 15) is 0 Å². The van der Waals surface area contributed by atoms with Crippen LogP contribution in [0, 0.1) is 0 Å². The van der Waals surface area contributed by atoms with Crippen molar-refractivity contribution in [2.75, 3.05) is 0 Å². The number of hydrogen-bond donors (Lipinski definition) is 0. The topological polar surface area (TPSA) is 0 Å². The van der Waals surface area contributed by atoms with Crippen LogP contribution >= 0.6 is 11.3 Å². The summed E-state index contributed by atoms with van der Waals surface area (Å²) in [7, 11) is -6.19. The van der Waals surface area contributed by atoms with Crippen LogP contribution in [0.2, 0.25) is 26.2 Å². The van der Waals surface area contributed by atoms with Crippen LogP contribution in [-0.2, 0) is 0 Å². The molecular formula is C32H34SSi3. The summed E-state index contributed by atoms with van der Waals surface area (Å²) in [6, 6.07) is 50.4. The van der Waals surface area contributed by atoms with E-state index in [0.717, 1.165) is 0 Å². The van der Waals surface area contributed by atoms with Gasteiger partial charge in [-0.2, -0.15) is 11.3 Å². The first kappa shape index (κ1) is 24.9. The van der Waals surface area contributed by atoms with Crippen LogP contribution in [0.5, 0.6) is 0 Å². The van der Waals surface area contributed by atoms with E-state index in [1.807, 2.05) is 0 Å². The normalized spacial score (nSPS) is 13.8. The molecule has 0 saturated carbocycles. The van der Waals surface area contributed by atoms with Crippen LogP contribution in [0.3, 0.4) is 0 Å². The Bertz CT molecular complexity index is 1370. The monoisotopic (exact) mass is 534 g/mol. The van der Waals surface area contributed by atoms with Gasteiger partial charge >= 0.3 is 0 Å². The first-order valence-corrected chi connectivity index (χ1v) is 22.5. The smallest absolute Gasteiger partial charge is 0.130 e. The number of rotatable bonds is 7. The lowest BCUT2D eigenvalue weighted by atomic mass is 10.4. The van der Waals surface area contributed by atoms with Crippen LogP contribution < -0.4 is 29.7 Å². The molecule has 4 aromatic carbocycles. The second-order valence-electron chi connectivity index (χ2n) is 10.5. The lowest BCUT2D eigenvalue weighted by Gasteiger charge is -2.44. The average Bonchev–Trinajstić information content (AvgIpc) is 3.46. The van der Waals surface area contributed by atoms with Crippen molar-refractivity contribution >= 4 is 64.3 Å². The minimum atomic E-state index is -2.22. The molecule has 0 saturated heterocycles. The molecule has 0 nitrogen and oxygen atoms in total. The van der Waals surface area contributed by atoms with E-state index in [2.05, 4.69) is 171 Å². The lowest BCUT2D eigenvalue weighted by molar-refractivity contribution is 1.69. The van der Waals surface area contributed by atoms with Crippen LogP contribution in [0.25, 0.3) is 0 Å². The summed E-state index contributed by atoms with van der Waals surface area (Å²) in [6.07, 6.45) is 0. The predicted molar refractivity (Wildman–Crippen MR) is 169 cm³/mol. The molecule has 0 spiro atoms. The number of thiophene rings is 1. The van der Waals surface area contributed by atoms with Gasteiger partial charge in [-0.25, -0.2) is 0 Å². The van der Waals surface area contributed by atoms with E-state index in [4.69, 9.17) is 0 Å². The first-order chi connectivity index (χ1) is 17.4. The molecule has 0 radical (unpaired) electrons. The Labute approximate surface area is 223 Å². The summed E-state index contributed by atoms with van der Waals surface area (Å²) in [6.45, 7) is 10.3. The van der Waals surface area contributed by atoms with Gasteiger partial charge in [-0.3, -0.25) is 0 Å². The van der Waals surface area contributed by atoms with E-state index in [1.165, 1.54) is 15.6 Å². The number of benzene rings is 4. The quantitative estimate of drug-likeness (QED) is 0.265. The fourth-order valence-electron chi connectivity index (χ4n) is 5.68. The second kappa shape index (κ2) is 9.94. The van der Waals surface area contributed by atoms with Crippen molar-refractivity contribution in [2.24, 2.45) is 0 Å². The third kappa shape index (κ3) is 4.12. The average molecular weight is 535 g/mol. The Balaban J connectivity index is 1.77. The van der Waals surface area contributed by atoms with Gasteiger partial charge in [0.1, 0.15) is 23.3 Å².